The molecule has 0 amide bonds. The fourth-order valence-corrected chi connectivity index (χ4v) is 6.56. The predicted molar refractivity (Wildman–Crippen MR) is 194 cm³/mol. The lowest BCUT2D eigenvalue weighted by atomic mass is 9.97. The van der Waals surface area contributed by atoms with Gasteiger partial charge in [0.2, 0.25) is 0 Å². The number of aliphatic imine (C=N–C) groups is 2. The zero-order valence-corrected chi connectivity index (χ0v) is 25.5. The summed E-state index contributed by atoms with van der Waals surface area (Å²) in [6, 6.07) is 57.0. The van der Waals surface area contributed by atoms with Crippen molar-refractivity contribution in [3.05, 3.63) is 180 Å². The predicted octanol–water partition coefficient (Wildman–Crippen LogP) is 10.6. The molecule has 0 spiro atoms. The van der Waals surface area contributed by atoms with Crippen LogP contribution in [0.15, 0.2) is 178 Å². The monoisotopic (exact) mass is 603 g/mol. The van der Waals surface area contributed by atoms with E-state index in [9.17, 15) is 0 Å². The van der Waals surface area contributed by atoms with E-state index in [1.807, 2.05) is 36.4 Å². The molecular weight excluding hydrogens is 574 g/mol. The zero-order valence-electron chi connectivity index (χ0n) is 25.5. The third kappa shape index (κ3) is 4.97. The third-order valence-corrected chi connectivity index (χ3v) is 8.94. The Morgan fingerprint density at radius 2 is 1.11 bits per heavy atom. The lowest BCUT2D eigenvalue weighted by Gasteiger charge is -2.24. The average molecular weight is 604 g/mol. The smallest absolute Gasteiger partial charge is 0.159 e. The molecule has 0 bridgehead atoms. The standard InChI is InChI=1S/C43H29N3O/c1-3-10-28(11-4-1)30-18-20-31(21-19-30)34-24-25-38-37(27-34)40-36(16-9-17-39(40)47-38)43-45-41(32-13-5-2-6-14-32)44-42(46-43)35-23-22-29-12-7-8-15-33(29)26-35/h1-27,43H,(H,44,45,46). The fraction of sp³-hybridized carbons (Fsp3) is 0.0233. The second-order valence-electron chi connectivity index (χ2n) is 11.9. The number of hydrogen-bond acceptors (Lipinski definition) is 4. The molecule has 222 valence electrons. The summed E-state index contributed by atoms with van der Waals surface area (Å²) in [6.45, 7) is 0. The quantitative estimate of drug-likeness (QED) is 0.213. The Hall–Kier alpha value is -6.26. The molecule has 1 aromatic heterocycles. The summed E-state index contributed by atoms with van der Waals surface area (Å²) in [5, 5.41) is 8.17. The van der Waals surface area contributed by atoms with Gasteiger partial charge in [0.15, 0.2) is 5.84 Å². The first-order valence-corrected chi connectivity index (χ1v) is 15.9. The lowest BCUT2D eigenvalue weighted by Crippen LogP contribution is -2.33. The molecule has 0 saturated heterocycles. The van der Waals surface area contributed by atoms with Gasteiger partial charge in [0.05, 0.1) is 0 Å². The van der Waals surface area contributed by atoms with Crippen molar-refractivity contribution >= 4 is 44.4 Å². The molecular formula is C43H29N3O. The molecule has 0 radical (unpaired) electrons. The first kappa shape index (κ1) is 27.1. The molecule has 0 aliphatic carbocycles. The van der Waals surface area contributed by atoms with Crippen LogP contribution in [0.25, 0.3) is 55.0 Å². The third-order valence-electron chi connectivity index (χ3n) is 8.94. The van der Waals surface area contributed by atoms with Crippen LogP contribution in [0, 0.1) is 0 Å². The second-order valence-corrected chi connectivity index (χ2v) is 11.9. The van der Waals surface area contributed by atoms with Crippen LogP contribution < -0.4 is 5.32 Å². The van der Waals surface area contributed by atoms with Crippen LogP contribution in [0.2, 0.25) is 0 Å². The number of nitrogens with zero attached hydrogens (tertiary/aromatic N) is 2. The van der Waals surface area contributed by atoms with Crippen LogP contribution in [-0.4, -0.2) is 11.7 Å². The van der Waals surface area contributed by atoms with E-state index in [1.165, 1.54) is 21.9 Å². The highest BCUT2D eigenvalue weighted by Gasteiger charge is 2.24. The molecule has 8 aromatic rings. The Bertz CT molecular complexity index is 2480. The Labute approximate surface area is 272 Å². The van der Waals surface area contributed by atoms with E-state index >= 15 is 0 Å². The molecule has 1 unspecified atom stereocenters. The molecule has 1 N–H and O–H groups in total. The van der Waals surface area contributed by atoms with Gasteiger partial charge in [0.1, 0.15) is 23.2 Å². The minimum absolute atomic E-state index is 0.373. The van der Waals surface area contributed by atoms with Crippen LogP contribution in [0.5, 0.6) is 0 Å². The highest BCUT2D eigenvalue weighted by atomic mass is 16.3. The maximum atomic E-state index is 6.42. The summed E-state index contributed by atoms with van der Waals surface area (Å²) in [5.41, 5.74) is 9.42. The molecule has 0 fully saturated rings. The minimum atomic E-state index is -0.373. The van der Waals surface area contributed by atoms with Gasteiger partial charge in [-0.05, 0) is 57.3 Å². The van der Waals surface area contributed by atoms with Crippen molar-refractivity contribution in [2.24, 2.45) is 9.98 Å². The Balaban J connectivity index is 1.15. The van der Waals surface area contributed by atoms with Gasteiger partial charge in [-0.15, -0.1) is 0 Å². The van der Waals surface area contributed by atoms with Gasteiger partial charge in [0, 0.05) is 27.5 Å². The topological polar surface area (TPSA) is 49.9 Å². The Morgan fingerprint density at radius 3 is 1.89 bits per heavy atom. The number of hydrogen-bond donors (Lipinski definition) is 1. The normalized spacial score (nSPS) is 14.6. The summed E-state index contributed by atoms with van der Waals surface area (Å²) in [7, 11) is 0. The number of nitrogens with one attached hydrogen (secondary N) is 1. The largest absolute Gasteiger partial charge is 0.456 e. The van der Waals surface area contributed by atoms with Gasteiger partial charge in [-0.2, -0.15) is 0 Å². The van der Waals surface area contributed by atoms with Crippen molar-refractivity contribution < 1.29 is 4.42 Å². The van der Waals surface area contributed by atoms with Crippen molar-refractivity contribution in [1.29, 1.82) is 0 Å². The van der Waals surface area contributed by atoms with E-state index < -0.39 is 0 Å². The second kappa shape index (κ2) is 11.3. The summed E-state index contributed by atoms with van der Waals surface area (Å²) in [4.78, 5) is 10.2. The van der Waals surface area contributed by atoms with Crippen LogP contribution in [0.1, 0.15) is 22.9 Å². The molecule has 1 aliphatic rings. The van der Waals surface area contributed by atoms with Gasteiger partial charge in [-0.25, -0.2) is 9.98 Å². The van der Waals surface area contributed by atoms with Crippen LogP contribution in [-0.2, 0) is 0 Å². The first-order valence-electron chi connectivity index (χ1n) is 15.9. The molecule has 2 heterocycles. The number of fused-ring (bicyclic) bond motifs is 4. The first-order chi connectivity index (χ1) is 23.3. The van der Waals surface area contributed by atoms with Gasteiger partial charge in [0.25, 0.3) is 0 Å². The Kier molecular flexibility index (Phi) is 6.50. The fourth-order valence-electron chi connectivity index (χ4n) is 6.56. The summed E-state index contributed by atoms with van der Waals surface area (Å²) in [5.74, 6) is 1.49. The van der Waals surface area contributed by atoms with Crippen molar-refractivity contribution in [2.45, 2.75) is 6.17 Å². The molecule has 47 heavy (non-hydrogen) atoms. The number of furan rings is 1. The molecule has 4 heteroatoms. The molecule has 7 aromatic carbocycles. The zero-order chi connectivity index (χ0) is 31.2. The van der Waals surface area contributed by atoms with E-state index in [0.29, 0.717) is 5.84 Å². The van der Waals surface area contributed by atoms with Gasteiger partial charge in [-0.3, -0.25) is 0 Å². The average Bonchev–Trinajstić information content (AvgIpc) is 3.53. The van der Waals surface area contributed by atoms with Crippen molar-refractivity contribution in [3.63, 3.8) is 0 Å². The van der Waals surface area contributed by atoms with Crippen LogP contribution in [0.4, 0.5) is 0 Å². The molecule has 1 aliphatic heterocycles. The molecule has 4 nitrogen and oxygen atoms in total. The van der Waals surface area contributed by atoms with E-state index in [0.717, 1.165) is 55.6 Å². The maximum absolute atomic E-state index is 6.42. The van der Waals surface area contributed by atoms with Gasteiger partial charge < -0.3 is 9.73 Å². The highest BCUT2D eigenvalue weighted by molar-refractivity contribution is 6.15. The van der Waals surface area contributed by atoms with Gasteiger partial charge >= 0.3 is 0 Å². The van der Waals surface area contributed by atoms with Crippen LogP contribution in [0.3, 0.4) is 0 Å². The number of rotatable bonds is 5. The van der Waals surface area contributed by atoms with Crippen molar-refractivity contribution in [2.75, 3.05) is 0 Å². The van der Waals surface area contributed by atoms with Gasteiger partial charge in [-0.1, -0.05) is 140 Å². The maximum Gasteiger partial charge on any atom is 0.159 e. The van der Waals surface area contributed by atoms with E-state index in [4.69, 9.17) is 14.4 Å². The van der Waals surface area contributed by atoms with E-state index in [-0.39, 0.29) is 6.17 Å². The highest BCUT2D eigenvalue weighted by Crippen LogP contribution is 2.38. The molecule has 0 saturated carbocycles. The lowest BCUT2D eigenvalue weighted by molar-refractivity contribution is 0.662. The van der Waals surface area contributed by atoms with Crippen molar-refractivity contribution in [3.8, 4) is 22.3 Å². The number of amidine groups is 2. The molecule has 9 rings (SSSR count). The van der Waals surface area contributed by atoms with E-state index in [2.05, 4.69) is 133 Å². The number of benzene rings is 7. The van der Waals surface area contributed by atoms with Crippen LogP contribution >= 0.6 is 0 Å². The summed E-state index contributed by atoms with van der Waals surface area (Å²) >= 11 is 0. The van der Waals surface area contributed by atoms with Crippen molar-refractivity contribution in [1.82, 2.24) is 5.32 Å². The Morgan fingerprint density at radius 1 is 0.468 bits per heavy atom. The molecule has 1 atom stereocenters. The SMILES string of the molecule is c1ccc(C2=NC(c3cccc4oc5ccc(-c6ccc(-c7ccccc7)cc6)cc5c34)NC(c3ccc4ccccc4c3)=N2)cc1. The minimum Gasteiger partial charge on any atom is -0.456 e. The van der Waals surface area contributed by atoms with E-state index in [1.54, 1.807) is 0 Å². The summed E-state index contributed by atoms with van der Waals surface area (Å²) < 4.78 is 6.42. The summed E-state index contributed by atoms with van der Waals surface area (Å²) in [6.07, 6.45) is -0.373.